The van der Waals surface area contributed by atoms with Gasteiger partial charge in [-0.3, -0.25) is 10.1 Å². The van der Waals surface area contributed by atoms with E-state index < -0.39 is 16.6 Å². The fourth-order valence-electron chi connectivity index (χ4n) is 2.63. The van der Waals surface area contributed by atoms with E-state index in [2.05, 4.69) is 15.9 Å². The lowest BCUT2D eigenvalue weighted by Gasteiger charge is -2.15. The first-order valence-electron chi connectivity index (χ1n) is 9.01. The van der Waals surface area contributed by atoms with Gasteiger partial charge in [0.1, 0.15) is 12.2 Å². The first-order valence-corrected chi connectivity index (χ1v) is 9.81. The van der Waals surface area contributed by atoms with Crippen LogP contribution in [0, 0.1) is 10.1 Å². The highest BCUT2D eigenvalue weighted by Crippen LogP contribution is 2.36. The van der Waals surface area contributed by atoms with Crippen LogP contribution >= 0.6 is 15.9 Å². The van der Waals surface area contributed by atoms with Gasteiger partial charge in [0.15, 0.2) is 23.0 Å². The zero-order valence-corrected chi connectivity index (χ0v) is 18.6. The Morgan fingerprint density at radius 2 is 1.53 bits per heavy atom. The minimum absolute atomic E-state index is 0.136. The van der Waals surface area contributed by atoms with Crippen molar-refractivity contribution in [3.05, 3.63) is 50.0 Å². The van der Waals surface area contributed by atoms with Crippen LogP contribution in [0.2, 0.25) is 0 Å². The molecule has 0 radical (unpaired) electrons. The van der Waals surface area contributed by atoms with Crippen molar-refractivity contribution < 1.29 is 33.4 Å². The molecule has 0 aliphatic rings. The molecule has 162 valence electrons. The number of methoxy groups -OCH3 is 2. The molecule has 0 aromatic heterocycles. The van der Waals surface area contributed by atoms with Gasteiger partial charge in [0.2, 0.25) is 0 Å². The molecule has 0 spiro atoms. The zero-order chi connectivity index (χ0) is 22.3. The maximum atomic E-state index is 12.6. The van der Waals surface area contributed by atoms with Crippen molar-refractivity contribution in [1.29, 1.82) is 0 Å². The average Bonchev–Trinajstić information content (AvgIpc) is 2.73. The molecule has 9 nitrogen and oxygen atoms in total. The second-order valence-corrected chi connectivity index (χ2v) is 6.67. The summed E-state index contributed by atoms with van der Waals surface area (Å²) in [4.78, 5) is 23.3. The number of ether oxygens (including phenoxy) is 5. The molecular weight excluding hydrogens is 462 g/mol. The summed E-state index contributed by atoms with van der Waals surface area (Å²) in [6.07, 6.45) is 0. The summed E-state index contributed by atoms with van der Waals surface area (Å²) in [5, 5.41) is 11.4. The summed E-state index contributed by atoms with van der Waals surface area (Å²) in [7, 11) is 2.71. The highest BCUT2D eigenvalue weighted by molar-refractivity contribution is 9.10. The number of nitro benzene ring substituents is 1. The molecule has 2 rings (SSSR count). The standard InChI is InChI=1S/C20H22BrNO8/c1-5-28-18-7-12(14(21)9-19(18)29-6-2)11-30-20(23)13-8-16(26-3)17(27-4)10-15(13)22(24)25/h7-10H,5-6,11H2,1-4H3. The van der Waals surface area contributed by atoms with Gasteiger partial charge in [0.05, 0.1) is 38.4 Å². The van der Waals surface area contributed by atoms with Crippen LogP contribution in [0.25, 0.3) is 0 Å². The average molecular weight is 484 g/mol. The van der Waals surface area contributed by atoms with Gasteiger partial charge in [-0.15, -0.1) is 0 Å². The van der Waals surface area contributed by atoms with Crippen molar-refractivity contribution in [3.63, 3.8) is 0 Å². The molecule has 0 amide bonds. The fourth-order valence-corrected chi connectivity index (χ4v) is 3.07. The van der Waals surface area contributed by atoms with Crippen LogP contribution in [-0.2, 0) is 11.3 Å². The summed E-state index contributed by atoms with van der Waals surface area (Å²) < 4.78 is 27.3. The first kappa shape index (κ1) is 23.3. The number of hydrogen-bond donors (Lipinski definition) is 0. The normalized spacial score (nSPS) is 10.3. The van der Waals surface area contributed by atoms with E-state index in [-0.39, 0.29) is 23.7 Å². The lowest BCUT2D eigenvalue weighted by Crippen LogP contribution is -2.10. The van der Waals surface area contributed by atoms with Gasteiger partial charge in [-0.2, -0.15) is 0 Å². The largest absolute Gasteiger partial charge is 0.493 e. The van der Waals surface area contributed by atoms with Gasteiger partial charge in [-0.1, -0.05) is 15.9 Å². The van der Waals surface area contributed by atoms with Crippen molar-refractivity contribution in [2.75, 3.05) is 27.4 Å². The van der Waals surface area contributed by atoms with E-state index in [1.807, 2.05) is 13.8 Å². The van der Waals surface area contributed by atoms with Crippen LogP contribution in [0.15, 0.2) is 28.7 Å². The molecule has 0 unspecified atom stereocenters. The molecule has 0 fully saturated rings. The number of benzene rings is 2. The van der Waals surface area contributed by atoms with E-state index in [1.54, 1.807) is 12.1 Å². The summed E-state index contributed by atoms with van der Waals surface area (Å²) >= 11 is 3.42. The van der Waals surface area contributed by atoms with Crippen LogP contribution in [-0.4, -0.2) is 38.3 Å². The van der Waals surface area contributed by atoms with Gasteiger partial charge >= 0.3 is 5.97 Å². The highest BCUT2D eigenvalue weighted by Gasteiger charge is 2.26. The molecule has 0 atom stereocenters. The first-order chi connectivity index (χ1) is 14.4. The van der Waals surface area contributed by atoms with E-state index in [0.717, 1.165) is 6.07 Å². The molecule has 0 bridgehead atoms. The van der Waals surface area contributed by atoms with Crippen LogP contribution in [0.4, 0.5) is 5.69 Å². The Kier molecular flexibility index (Phi) is 8.28. The highest BCUT2D eigenvalue weighted by atomic mass is 79.9. The van der Waals surface area contributed by atoms with Crippen molar-refractivity contribution in [2.45, 2.75) is 20.5 Å². The molecule has 2 aromatic rings. The Hall–Kier alpha value is -3.01. The number of esters is 1. The molecule has 10 heteroatoms. The Labute approximate surface area is 182 Å². The van der Waals surface area contributed by atoms with Gasteiger partial charge < -0.3 is 23.7 Å². The molecule has 0 saturated heterocycles. The molecule has 0 heterocycles. The van der Waals surface area contributed by atoms with Gasteiger partial charge in [-0.05, 0) is 26.0 Å². The molecule has 30 heavy (non-hydrogen) atoms. The van der Waals surface area contributed by atoms with Crippen LogP contribution in [0.1, 0.15) is 29.8 Å². The number of hydrogen-bond acceptors (Lipinski definition) is 8. The van der Waals surface area contributed by atoms with Crippen LogP contribution < -0.4 is 18.9 Å². The smallest absolute Gasteiger partial charge is 0.345 e. The van der Waals surface area contributed by atoms with Gasteiger partial charge in [0, 0.05) is 16.1 Å². The quantitative estimate of drug-likeness (QED) is 0.275. The minimum Gasteiger partial charge on any atom is -0.493 e. The van der Waals surface area contributed by atoms with E-state index in [9.17, 15) is 14.9 Å². The number of rotatable bonds is 10. The van der Waals surface area contributed by atoms with Crippen molar-refractivity contribution in [1.82, 2.24) is 0 Å². The van der Waals surface area contributed by atoms with E-state index in [4.69, 9.17) is 23.7 Å². The fraction of sp³-hybridized carbons (Fsp3) is 0.350. The monoisotopic (exact) mass is 483 g/mol. The zero-order valence-electron chi connectivity index (χ0n) is 17.0. The van der Waals surface area contributed by atoms with Crippen molar-refractivity contribution in [2.24, 2.45) is 0 Å². The summed E-state index contributed by atoms with van der Waals surface area (Å²) in [5.74, 6) is 0.496. The summed E-state index contributed by atoms with van der Waals surface area (Å²) in [6, 6.07) is 5.75. The summed E-state index contributed by atoms with van der Waals surface area (Å²) in [6.45, 7) is 4.45. The second-order valence-electron chi connectivity index (χ2n) is 5.81. The van der Waals surface area contributed by atoms with Crippen LogP contribution in [0.3, 0.4) is 0 Å². The molecule has 0 N–H and O–H groups in total. The predicted octanol–water partition coefficient (Wildman–Crippen LogP) is 4.53. The number of halogens is 1. The Balaban J connectivity index is 2.31. The minimum atomic E-state index is -0.874. The Morgan fingerprint density at radius 3 is 2.07 bits per heavy atom. The number of carbonyl (C=O) groups is 1. The van der Waals surface area contributed by atoms with Crippen molar-refractivity contribution >= 4 is 27.6 Å². The third-order valence-corrected chi connectivity index (χ3v) is 4.73. The maximum absolute atomic E-state index is 12.6. The van der Waals surface area contributed by atoms with E-state index in [0.29, 0.717) is 34.7 Å². The predicted molar refractivity (Wildman–Crippen MR) is 112 cm³/mol. The van der Waals surface area contributed by atoms with E-state index in [1.165, 1.54) is 20.3 Å². The number of nitrogens with zero attached hydrogens (tertiary/aromatic N) is 1. The third kappa shape index (κ3) is 5.32. The van der Waals surface area contributed by atoms with E-state index >= 15 is 0 Å². The third-order valence-electron chi connectivity index (χ3n) is 3.99. The molecule has 0 saturated carbocycles. The number of carbonyl (C=O) groups excluding carboxylic acids is 1. The lowest BCUT2D eigenvalue weighted by atomic mass is 10.1. The van der Waals surface area contributed by atoms with Gasteiger partial charge in [-0.25, -0.2) is 4.79 Å². The molecule has 0 aliphatic carbocycles. The molecule has 2 aromatic carbocycles. The molecular formula is C20H22BrNO8. The van der Waals surface area contributed by atoms with Crippen LogP contribution in [0.5, 0.6) is 23.0 Å². The van der Waals surface area contributed by atoms with Crippen molar-refractivity contribution in [3.8, 4) is 23.0 Å². The second kappa shape index (κ2) is 10.7. The topological polar surface area (TPSA) is 106 Å². The Morgan fingerprint density at radius 1 is 0.967 bits per heavy atom. The van der Waals surface area contributed by atoms with Gasteiger partial charge in [0.25, 0.3) is 5.69 Å². The SMILES string of the molecule is CCOc1cc(Br)c(COC(=O)c2cc(OC)c(OC)cc2[N+](=O)[O-])cc1OCC. The molecule has 0 aliphatic heterocycles. The maximum Gasteiger partial charge on any atom is 0.345 e. The lowest BCUT2D eigenvalue weighted by molar-refractivity contribution is -0.385. The summed E-state index contributed by atoms with van der Waals surface area (Å²) in [5.41, 5.74) is -0.0819. The number of nitro groups is 1. The Bertz CT molecular complexity index is 932.